The third kappa shape index (κ3) is 35.1. The Kier molecular flexibility index (Phi) is 42.5. The van der Waals surface area contributed by atoms with Crippen LogP contribution in [0.15, 0.2) is 36.5 Å². The highest BCUT2D eigenvalue weighted by molar-refractivity contribution is 5.76. The molecule has 1 heterocycles. The van der Waals surface area contributed by atoms with Crippen LogP contribution in [0.25, 0.3) is 0 Å². The number of nitrogens with one attached hydrogen (secondary N) is 1. The van der Waals surface area contributed by atoms with Gasteiger partial charge in [-0.25, -0.2) is 0 Å². The van der Waals surface area contributed by atoms with Gasteiger partial charge in [0.1, 0.15) is 24.4 Å². The topological polar surface area (TPSA) is 175 Å². The van der Waals surface area contributed by atoms with Crippen LogP contribution in [-0.4, -0.2) is 100 Å². The number of carbonyl (C=O) groups excluding carboxylic acids is 2. The first kappa shape index (κ1) is 61.9. The van der Waals surface area contributed by atoms with Crippen LogP contribution in [0, 0.1) is 0 Å². The third-order valence-electron chi connectivity index (χ3n) is 12.7. The molecule has 6 N–H and O–H groups in total. The Hall–Kier alpha value is -2.12. The molecule has 0 aromatic heterocycles. The minimum atomic E-state index is -1.58. The van der Waals surface area contributed by atoms with Gasteiger partial charge in [-0.05, 0) is 64.2 Å². The molecular formula is C55H101NO10. The molecule has 0 aromatic rings. The van der Waals surface area contributed by atoms with Crippen LogP contribution < -0.4 is 5.32 Å². The molecule has 0 aliphatic carbocycles. The quantitative estimate of drug-likeness (QED) is 0.0196. The van der Waals surface area contributed by atoms with Gasteiger partial charge in [0.2, 0.25) is 5.91 Å². The number of carbonyl (C=O) groups is 2. The zero-order chi connectivity index (χ0) is 48.1. The number of amides is 1. The molecule has 7 atom stereocenters. The summed E-state index contributed by atoms with van der Waals surface area (Å²) in [6.07, 6.45) is 43.7. The lowest BCUT2D eigenvalue weighted by atomic mass is 9.99. The Labute approximate surface area is 403 Å². The highest BCUT2D eigenvalue weighted by Crippen LogP contribution is 2.23. The normalized spacial score (nSPS) is 19.9. The predicted molar refractivity (Wildman–Crippen MR) is 269 cm³/mol. The molecule has 0 saturated carbocycles. The van der Waals surface area contributed by atoms with Crippen LogP contribution in [0.2, 0.25) is 0 Å². The van der Waals surface area contributed by atoms with E-state index >= 15 is 0 Å². The van der Waals surface area contributed by atoms with Crippen molar-refractivity contribution in [1.29, 1.82) is 0 Å². The molecule has 0 spiro atoms. The van der Waals surface area contributed by atoms with Crippen LogP contribution in [0.5, 0.6) is 0 Å². The molecule has 1 amide bonds. The molecule has 7 unspecified atom stereocenters. The first-order valence-corrected chi connectivity index (χ1v) is 27.3. The summed E-state index contributed by atoms with van der Waals surface area (Å²) in [6, 6.07) is -0.819. The molecule has 11 heteroatoms. The van der Waals surface area contributed by atoms with Gasteiger partial charge in [0.25, 0.3) is 0 Å². The Bertz CT molecular complexity index is 1190. The van der Waals surface area contributed by atoms with Crippen LogP contribution in [-0.2, 0) is 23.8 Å². The lowest BCUT2D eigenvalue weighted by Gasteiger charge is -2.40. The van der Waals surface area contributed by atoms with Gasteiger partial charge in [-0.2, -0.15) is 0 Å². The fourth-order valence-corrected chi connectivity index (χ4v) is 8.35. The van der Waals surface area contributed by atoms with Gasteiger partial charge >= 0.3 is 5.97 Å². The standard InChI is InChI=1S/C55H101NO10/c1-3-5-7-9-11-13-14-15-16-17-20-23-27-31-35-39-43-51(60)64-44-40-36-32-28-24-21-18-19-22-26-30-34-38-42-50(59)56-47(48(58)41-37-33-29-25-12-10-8-6-4-2)46-65-55-54(63)53(62)52(61)49(45-57)66-55/h13-14,16-17,37,41,47-49,52-55,57-58,61-63H,3-12,15,18-36,38-40,42-46H2,1-2H3,(H,56,59)/b14-13-,17-16-,41-37+. The van der Waals surface area contributed by atoms with Gasteiger partial charge in [-0.15, -0.1) is 0 Å². The number of esters is 1. The monoisotopic (exact) mass is 936 g/mol. The molecule has 1 aliphatic rings. The van der Waals surface area contributed by atoms with Gasteiger partial charge in [-0.3, -0.25) is 9.59 Å². The summed E-state index contributed by atoms with van der Waals surface area (Å²) in [5, 5.41) is 54.1. The Balaban J connectivity index is 2.09. The molecule has 0 bridgehead atoms. The second-order valence-corrected chi connectivity index (χ2v) is 18.9. The minimum Gasteiger partial charge on any atom is -0.466 e. The Morgan fingerprint density at radius 1 is 0.561 bits per heavy atom. The maximum atomic E-state index is 13.0. The van der Waals surface area contributed by atoms with E-state index < -0.39 is 49.5 Å². The summed E-state index contributed by atoms with van der Waals surface area (Å²) in [4.78, 5) is 25.0. The number of aliphatic hydroxyl groups is 5. The number of hydrogen-bond acceptors (Lipinski definition) is 10. The Morgan fingerprint density at radius 2 is 1.02 bits per heavy atom. The van der Waals surface area contributed by atoms with E-state index in [1.165, 1.54) is 128 Å². The molecule has 0 aromatic carbocycles. The van der Waals surface area contributed by atoms with Crippen LogP contribution in [0.3, 0.4) is 0 Å². The number of allylic oxidation sites excluding steroid dienone is 5. The molecule has 1 rings (SSSR count). The van der Waals surface area contributed by atoms with Crippen molar-refractivity contribution in [2.75, 3.05) is 19.8 Å². The van der Waals surface area contributed by atoms with Crippen molar-refractivity contribution in [3.8, 4) is 0 Å². The average molecular weight is 936 g/mol. The zero-order valence-corrected chi connectivity index (χ0v) is 42.2. The summed E-state index contributed by atoms with van der Waals surface area (Å²) in [5.74, 6) is -0.240. The lowest BCUT2D eigenvalue weighted by Crippen LogP contribution is -2.60. The van der Waals surface area contributed by atoms with Gasteiger partial charge in [0.05, 0.1) is 32.0 Å². The van der Waals surface area contributed by atoms with Crippen molar-refractivity contribution in [2.45, 2.75) is 281 Å². The smallest absolute Gasteiger partial charge is 0.305 e. The van der Waals surface area contributed by atoms with E-state index in [1.807, 2.05) is 6.08 Å². The lowest BCUT2D eigenvalue weighted by molar-refractivity contribution is -0.302. The highest BCUT2D eigenvalue weighted by atomic mass is 16.7. The van der Waals surface area contributed by atoms with Gasteiger partial charge in [-0.1, -0.05) is 198 Å². The van der Waals surface area contributed by atoms with Crippen LogP contribution in [0.4, 0.5) is 0 Å². The van der Waals surface area contributed by atoms with Crippen LogP contribution in [0.1, 0.15) is 239 Å². The maximum absolute atomic E-state index is 13.0. The number of rotatable bonds is 46. The summed E-state index contributed by atoms with van der Waals surface area (Å²) in [5.41, 5.74) is 0. The average Bonchev–Trinajstić information content (AvgIpc) is 3.31. The zero-order valence-electron chi connectivity index (χ0n) is 42.2. The molecule has 66 heavy (non-hydrogen) atoms. The van der Waals surface area contributed by atoms with E-state index in [1.54, 1.807) is 6.08 Å². The largest absolute Gasteiger partial charge is 0.466 e. The van der Waals surface area contributed by atoms with E-state index in [9.17, 15) is 35.1 Å². The molecule has 0 radical (unpaired) electrons. The van der Waals surface area contributed by atoms with E-state index in [0.29, 0.717) is 19.4 Å². The van der Waals surface area contributed by atoms with E-state index in [2.05, 4.69) is 43.5 Å². The van der Waals surface area contributed by atoms with E-state index in [-0.39, 0.29) is 18.5 Å². The van der Waals surface area contributed by atoms with Crippen molar-refractivity contribution >= 4 is 11.9 Å². The summed E-state index contributed by atoms with van der Waals surface area (Å²) in [6.45, 7) is 4.23. The fraction of sp³-hybridized carbons (Fsp3) is 0.855. The second-order valence-electron chi connectivity index (χ2n) is 18.9. The molecule has 11 nitrogen and oxygen atoms in total. The summed E-state index contributed by atoms with van der Waals surface area (Å²) in [7, 11) is 0. The molecule has 386 valence electrons. The fourth-order valence-electron chi connectivity index (χ4n) is 8.35. The Morgan fingerprint density at radius 3 is 1.55 bits per heavy atom. The molecule has 1 fully saturated rings. The predicted octanol–water partition coefficient (Wildman–Crippen LogP) is 11.6. The third-order valence-corrected chi connectivity index (χ3v) is 12.7. The van der Waals surface area contributed by atoms with E-state index in [0.717, 1.165) is 83.5 Å². The highest BCUT2D eigenvalue weighted by Gasteiger charge is 2.44. The number of unbranched alkanes of at least 4 members (excludes halogenated alkanes) is 28. The van der Waals surface area contributed by atoms with Crippen LogP contribution >= 0.6 is 0 Å². The van der Waals surface area contributed by atoms with Crippen molar-refractivity contribution in [3.05, 3.63) is 36.5 Å². The molecule has 1 saturated heterocycles. The second kappa shape index (κ2) is 45.3. The summed E-state index contributed by atoms with van der Waals surface area (Å²) >= 11 is 0. The van der Waals surface area contributed by atoms with Crippen molar-refractivity contribution in [2.24, 2.45) is 0 Å². The van der Waals surface area contributed by atoms with Crippen molar-refractivity contribution < 1.29 is 49.3 Å². The maximum Gasteiger partial charge on any atom is 0.305 e. The minimum absolute atomic E-state index is 0.0418. The molecule has 1 aliphatic heterocycles. The van der Waals surface area contributed by atoms with E-state index in [4.69, 9.17) is 14.2 Å². The number of ether oxygens (including phenoxy) is 3. The van der Waals surface area contributed by atoms with Gasteiger partial charge in [0, 0.05) is 12.8 Å². The molecular weight excluding hydrogens is 835 g/mol. The summed E-state index contributed by atoms with van der Waals surface area (Å²) < 4.78 is 16.6. The number of hydrogen-bond donors (Lipinski definition) is 6. The van der Waals surface area contributed by atoms with Crippen molar-refractivity contribution in [1.82, 2.24) is 5.32 Å². The van der Waals surface area contributed by atoms with Crippen molar-refractivity contribution in [3.63, 3.8) is 0 Å². The first-order valence-electron chi connectivity index (χ1n) is 27.3. The van der Waals surface area contributed by atoms with Gasteiger partial charge < -0.3 is 45.1 Å². The van der Waals surface area contributed by atoms with Gasteiger partial charge in [0.15, 0.2) is 6.29 Å². The number of aliphatic hydroxyl groups excluding tert-OH is 5. The first-order chi connectivity index (χ1) is 32.2. The SMILES string of the molecule is CCCCCC/C=C\C/C=C\CCCCCCCC(=O)OCCCCCCCCCCCCCCCC(=O)NC(COC1OC(CO)C(O)C(O)C1O)C(O)/C=C/CCCCCCCCC.